The van der Waals surface area contributed by atoms with Gasteiger partial charge in [-0.2, -0.15) is 5.10 Å². The molecule has 0 aliphatic heterocycles. The van der Waals surface area contributed by atoms with Gasteiger partial charge in [0.25, 0.3) is 0 Å². The predicted octanol–water partition coefficient (Wildman–Crippen LogP) is 1.81. The molecule has 1 aromatic heterocycles. The lowest BCUT2D eigenvalue weighted by molar-refractivity contribution is 0.315. The van der Waals surface area contributed by atoms with Crippen molar-refractivity contribution in [2.75, 3.05) is 13.7 Å². The number of ether oxygens (including phenoxy) is 1. The molecule has 1 fully saturated rings. The van der Waals surface area contributed by atoms with Gasteiger partial charge in [0.2, 0.25) is 5.88 Å². The van der Waals surface area contributed by atoms with E-state index < -0.39 is 0 Å². The molecular weight excluding hydrogens is 381 g/mol. The van der Waals surface area contributed by atoms with Crippen LogP contribution in [0.25, 0.3) is 0 Å². The molecule has 2 rings (SSSR count). The van der Waals surface area contributed by atoms with Gasteiger partial charge in [-0.1, -0.05) is 13.3 Å². The van der Waals surface area contributed by atoms with Crippen LogP contribution in [0.15, 0.2) is 4.99 Å². The third-order valence-electron chi connectivity index (χ3n) is 3.90. The molecule has 1 aliphatic carbocycles. The fourth-order valence-electron chi connectivity index (χ4n) is 2.47. The lowest BCUT2D eigenvalue weighted by atomic mass is 9.85. The molecule has 0 atom stereocenters. The summed E-state index contributed by atoms with van der Waals surface area (Å²) in [5.74, 6) is 2.03. The van der Waals surface area contributed by atoms with Crippen LogP contribution in [0.5, 0.6) is 5.88 Å². The van der Waals surface area contributed by atoms with E-state index in [1.807, 2.05) is 7.05 Å². The first-order valence-corrected chi connectivity index (χ1v) is 7.28. The maximum atomic E-state index is 5.91. The summed E-state index contributed by atoms with van der Waals surface area (Å²) < 4.78 is 7.14. The van der Waals surface area contributed by atoms with E-state index in [-0.39, 0.29) is 24.0 Å². The molecule has 1 heterocycles. The fraction of sp³-hybridized carbons (Fsp3) is 0.714. The summed E-state index contributed by atoms with van der Waals surface area (Å²) in [6.07, 6.45) is 4.81. The van der Waals surface area contributed by atoms with Gasteiger partial charge in [0.05, 0.1) is 24.9 Å². The number of halogens is 1. The van der Waals surface area contributed by atoms with E-state index in [4.69, 9.17) is 10.5 Å². The molecule has 0 spiro atoms. The zero-order valence-corrected chi connectivity index (χ0v) is 15.4. The van der Waals surface area contributed by atoms with Crippen molar-refractivity contribution >= 4 is 29.9 Å². The van der Waals surface area contributed by atoms with Crippen LogP contribution < -0.4 is 15.8 Å². The van der Waals surface area contributed by atoms with E-state index in [1.165, 1.54) is 19.3 Å². The molecule has 0 unspecified atom stereocenters. The third kappa shape index (κ3) is 4.49. The Balaban J connectivity index is 0.00000220. The number of nitrogens with one attached hydrogen (secondary N) is 1. The highest BCUT2D eigenvalue weighted by molar-refractivity contribution is 14.0. The standard InChI is InChI=1S/C14H25N5O.HI/c1-4-12-11(13(20-3)19(2)18-12)9-17-14(15)16-8-10-6-5-7-10;/h10H,4-9H2,1-3H3,(H3,15,16,17);1H. The predicted molar refractivity (Wildman–Crippen MR) is 95.2 cm³/mol. The van der Waals surface area contributed by atoms with Crippen LogP contribution in [0.4, 0.5) is 0 Å². The maximum absolute atomic E-state index is 5.91. The zero-order chi connectivity index (χ0) is 14.5. The summed E-state index contributed by atoms with van der Waals surface area (Å²) in [7, 11) is 3.53. The molecule has 21 heavy (non-hydrogen) atoms. The Hall–Kier alpha value is -0.990. The van der Waals surface area contributed by atoms with Gasteiger partial charge in [-0.25, -0.2) is 9.67 Å². The van der Waals surface area contributed by atoms with Crippen LogP contribution in [0, 0.1) is 5.92 Å². The highest BCUT2D eigenvalue weighted by Gasteiger charge is 2.17. The van der Waals surface area contributed by atoms with Gasteiger partial charge in [-0.05, 0) is 25.2 Å². The number of aryl methyl sites for hydroxylation is 2. The van der Waals surface area contributed by atoms with Crippen molar-refractivity contribution in [3.63, 3.8) is 0 Å². The van der Waals surface area contributed by atoms with Crippen molar-refractivity contribution in [2.24, 2.45) is 23.7 Å². The summed E-state index contributed by atoms with van der Waals surface area (Å²) in [5.41, 5.74) is 7.94. The molecule has 120 valence electrons. The van der Waals surface area contributed by atoms with Crippen molar-refractivity contribution in [3.8, 4) is 5.88 Å². The Morgan fingerprint density at radius 1 is 1.52 bits per heavy atom. The molecule has 0 bridgehead atoms. The average molecular weight is 407 g/mol. The Morgan fingerprint density at radius 2 is 2.24 bits per heavy atom. The lowest BCUT2D eigenvalue weighted by Crippen LogP contribution is -2.37. The second-order valence-electron chi connectivity index (χ2n) is 5.29. The molecule has 0 saturated heterocycles. The molecule has 1 saturated carbocycles. The average Bonchev–Trinajstić information content (AvgIpc) is 2.69. The number of methoxy groups -OCH3 is 1. The van der Waals surface area contributed by atoms with Crippen molar-refractivity contribution in [3.05, 3.63) is 11.3 Å². The van der Waals surface area contributed by atoms with Gasteiger partial charge in [-0.3, -0.25) is 0 Å². The molecule has 0 aromatic carbocycles. The van der Waals surface area contributed by atoms with Gasteiger partial charge in [0, 0.05) is 13.6 Å². The molecule has 1 aromatic rings. The van der Waals surface area contributed by atoms with E-state index in [0.29, 0.717) is 12.5 Å². The Labute approximate surface area is 143 Å². The van der Waals surface area contributed by atoms with E-state index >= 15 is 0 Å². The SMILES string of the molecule is CCc1nn(C)c(OC)c1CN=C(N)NCC1CCC1.I. The number of hydrogen-bond donors (Lipinski definition) is 2. The quantitative estimate of drug-likeness (QED) is 0.429. The smallest absolute Gasteiger partial charge is 0.216 e. The fourth-order valence-corrected chi connectivity index (χ4v) is 2.47. The minimum Gasteiger partial charge on any atom is -0.481 e. The summed E-state index contributed by atoms with van der Waals surface area (Å²) >= 11 is 0. The Morgan fingerprint density at radius 3 is 2.76 bits per heavy atom. The first-order valence-electron chi connectivity index (χ1n) is 7.28. The largest absolute Gasteiger partial charge is 0.481 e. The molecule has 7 heteroatoms. The highest BCUT2D eigenvalue weighted by Crippen LogP contribution is 2.25. The van der Waals surface area contributed by atoms with Crippen molar-refractivity contribution < 1.29 is 4.74 Å². The molecule has 0 amide bonds. The second kappa shape index (κ2) is 8.45. The number of guanidine groups is 1. The highest BCUT2D eigenvalue weighted by atomic mass is 127. The van der Waals surface area contributed by atoms with Crippen LogP contribution >= 0.6 is 24.0 Å². The number of nitrogens with two attached hydrogens (primary N) is 1. The first kappa shape index (κ1) is 18.1. The molecule has 6 nitrogen and oxygen atoms in total. The minimum atomic E-state index is 0. The lowest BCUT2D eigenvalue weighted by Gasteiger charge is -2.25. The number of aliphatic imine (C=N–C) groups is 1. The second-order valence-corrected chi connectivity index (χ2v) is 5.29. The maximum Gasteiger partial charge on any atom is 0.216 e. The third-order valence-corrected chi connectivity index (χ3v) is 3.90. The summed E-state index contributed by atoms with van der Waals surface area (Å²) in [5, 5.41) is 7.63. The van der Waals surface area contributed by atoms with E-state index in [2.05, 4.69) is 22.3 Å². The summed E-state index contributed by atoms with van der Waals surface area (Å²) in [6.45, 7) is 3.51. The Kier molecular flexibility index (Phi) is 7.27. The van der Waals surface area contributed by atoms with Gasteiger partial charge in [0.1, 0.15) is 0 Å². The molecular formula is C14H26IN5O. The van der Waals surface area contributed by atoms with Gasteiger partial charge in [0.15, 0.2) is 5.96 Å². The minimum absolute atomic E-state index is 0. The number of nitrogens with zero attached hydrogens (tertiary/aromatic N) is 3. The first-order chi connectivity index (χ1) is 9.65. The summed E-state index contributed by atoms with van der Waals surface area (Å²) in [6, 6.07) is 0. The van der Waals surface area contributed by atoms with E-state index in [9.17, 15) is 0 Å². The van der Waals surface area contributed by atoms with Crippen molar-refractivity contribution in [2.45, 2.75) is 39.2 Å². The van der Waals surface area contributed by atoms with Crippen LogP contribution in [0.1, 0.15) is 37.4 Å². The van der Waals surface area contributed by atoms with Crippen LogP contribution in [0.2, 0.25) is 0 Å². The van der Waals surface area contributed by atoms with Crippen LogP contribution in [-0.2, 0) is 20.0 Å². The molecule has 0 radical (unpaired) electrons. The monoisotopic (exact) mass is 407 g/mol. The van der Waals surface area contributed by atoms with Crippen molar-refractivity contribution in [1.82, 2.24) is 15.1 Å². The van der Waals surface area contributed by atoms with Gasteiger partial charge >= 0.3 is 0 Å². The van der Waals surface area contributed by atoms with Crippen molar-refractivity contribution in [1.29, 1.82) is 0 Å². The van der Waals surface area contributed by atoms with Crippen LogP contribution in [-0.4, -0.2) is 29.4 Å². The normalized spacial score (nSPS) is 15.3. The molecule has 3 N–H and O–H groups in total. The number of aromatic nitrogens is 2. The molecule has 1 aliphatic rings. The zero-order valence-electron chi connectivity index (χ0n) is 13.1. The van der Waals surface area contributed by atoms with Gasteiger partial charge < -0.3 is 15.8 Å². The van der Waals surface area contributed by atoms with Gasteiger partial charge in [-0.15, -0.1) is 24.0 Å². The number of rotatable bonds is 6. The number of hydrogen-bond acceptors (Lipinski definition) is 3. The van der Waals surface area contributed by atoms with E-state index in [1.54, 1.807) is 11.8 Å². The summed E-state index contributed by atoms with van der Waals surface area (Å²) in [4.78, 5) is 4.41. The topological polar surface area (TPSA) is 77.5 Å². The Bertz CT molecular complexity index is 482. The van der Waals surface area contributed by atoms with E-state index in [0.717, 1.165) is 36.0 Å². The van der Waals surface area contributed by atoms with Crippen LogP contribution in [0.3, 0.4) is 0 Å².